The Morgan fingerprint density at radius 3 is 1.12 bits per heavy atom. The minimum absolute atomic E-state index is 1.11. The number of hydrogen-bond donors (Lipinski definition) is 0. The van der Waals surface area contributed by atoms with Crippen LogP contribution in [0.5, 0.6) is 0 Å². The van der Waals surface area contributed by atoms with E-state index in [0.29, 0.717) is 0 Å². The fraction of sp³-hybridized carbons (Fsp3) is 0.450. The molecule has 0 heteroatoms. The molecule has 0 bridgehead atoms. The molecule has 0 aliphatic carbocycles. The van der Waals surface area contributed by atoms with Crippen molar-refractivity contribution >= 4 is 0 Å². The molecule has 0 rings (SSSR count). The van der Waals surface area contributed by atoms with Gasteiger partial charge in [-0.05, 0) is 121 Å². The van der Waals surface area contributed by atoms with E-state index in [4.69, 9.17) is 0 Å². The van der Waals surface area contributed by atoms with Gasteiger partial charge in [0.05, 0.1) is 0 Å². The molecule has 0 amide bonds. The molecular weight excluding hydrogens is 480 g/mol. The molecule has 0 unspecified atom stereocenters. The fourth-order valence-corrected chi connectivity index (χ4v) is 3.89. The molecule has 0 nitrogen and oxygen atoms in total. The topological polar surface area (TPSA) is 0 Å². The van der Waals surface area contributed by atoms with Crippen molar-refractivity contribution < 1.29 is 0 Å². The minimum atomic E-state index is 1.11. The van der Waals surface area contributed by atoms with E-state index in [9.17, 15) is 0 Å². The Bertz CT molecular complexity index is 1050. The van der Waals surface area contributed by atoms with E-state index < -0.39 is 0 Å². The van der Waals surface area contributed by atoms with Crippen LogP contribution in [0.3, 0.4) is 0 Å². The Balaban J connectivity index is 4.48. The molecule has 0 fully saturated rings. The largest absolute Gasteiger partial charge is 0.0856 e. The zero-order chi connectivity index (χ0) is 30.2. The van der Waals surface area contributed by atoms with E-state index in [1.54, 1.807) is 0 Å². The van der Waals surface area contributed by atoms with E-state index in [2.05, 4.69) is 154 Å². The van der Waals surface area contributed by atoms with Gasteiger partial charge in [-0.2, -0.15) is 0 Å². The maximum absolute atomic E-state index is 2.42. The molecule has 0 saturated carbocycles. The average Bonchev–Trinajstić information content (AvgIpc) is 2.86. The van der Waals surface area contributed by atoms with Gasteiger partial charge in [0, 0.05) is 0 Å². The lowest BCUT2D eigenvalue weighted by atomic mass is 10.0. The lowest BCUT2D eigenvalue weighted by Gasteiger charge is -2.02. The summed E-state index contributed by atoms with van der Waals surface area (Å²) in [5.74, 6) is 0. The third-order valence-corrected chi connectivity index (χ3v) is 6.55. The molecule has 0 aliphatic rings. The molecule has 0 aromatic carbocycles. The van der Waals surface area contributed by atoms with Gasteiger partial charge in [-0.25, -0.2) is 0 Å². The van der Waals surface area contributed by atoms with E-state index >= 15 is 0 Å². The van der Waals surface area contributed by atoms with Gasteiger partial charge < -0.3 is 0 Å². The number of hydrogen-bond acceptors (Lipinski definition) is 0. The Labute approximate surface area is 249 Å². The first-order valence-corrected chi connectivity index (χ1v) is 15.3. The van der Waals surface area contributed by atoms with E-state index in [1.165, 1.54) is 57.4 Å². The van der Waals surface area contributed by atoms with Crippen LogP contribution in [0, 0.1) is 0 Å². The molecular formula is C40H60. The summed E-state index contributed by atoms with van der Waals surface area (Å²) in [5, 5.41) is 0. The molecule has 0 radical (unpaired) electrons. The van der Waals surface area contributed by atoms with Crippen molar-refractivity contribution in [3.8, 4) is 0 Å². The number of rotatable bonds is 18. The van der Waals surface area contributed by atoms with Crippen molar-refractivity contribution in [1.82, 2.24) is 0 Å². The van der Waals surface area contributed by atoms with Crippen molar-refractivity contribution in [1.29, 1.82) is 0 Å². The van der Waals surface area contributed by atoms with Gasteiger partial charge in [0.1, 0.15) is 0 Å². The second-order valence-corrected chi connectivity index (χ2v) is 11.8. The highest BCUT2D eigenvalue weighted by Crippen LogP contribution is 2.14. The predicted octanol–water partition coefficient (Wildman–Crippen LogP) is 13.4. The Hall–Kier alpha value is -2.86. The zero-order valence-corrected chi connectivity index (χ0v) is 27.7. The van der Waals surface area contributed by atoms with Crippen molar-refractivity contribution in [2.24, 2.45) is 0 Å². The maximum atomic E-state index is 2.42. The molecule has 0 aromatic rings. The molecule has 0 N–H and O–H groups in total. The van der Waals surface area contributed by atoms with Crippen LogP contribution in [0.1, 0.15) is 121 Å². The van der Waals surface area contributed by atoms with Crippen molar-refractivity contribution in [3.63, 3.8) is 0 Å². The first-order valence-electron chi connectivity index (χ1n) is 15.3. The number of allylic oxidation sites excluding steroid dienone is 22. The molecule has 0 aromatic heterocycles. The SMILES string of the molecule is CC(C)=CCC/C(C)=C/C=C/C(C)=C/C=C/C(C)=C/C=C/C=C(\C)CC/C=C(\C)CC/C=C(\C)CCC=C(C)C. The van der Waals surface area contributed by atoms with Gasteiger partial charge in [-0.3, -0.25) is 0 Å². The summed E-state index contributed by atoms with van der Waals surface area (Å²) in [5.41, 5.74) is 11.1. The Morgan fingerprint density at radius 2 is 0.675 bits per heavy atom. The zero-order valence-electron chi connectivity index (χ0n) is 27.7. The lowest BCUT2D eigenvalue weighted by Crippen LogP contribution is -1.82. The van der Waals surface area contributed by atoms with Gasteiger partial charge in [0.15, 0.2) is 0 Å². The summed E-state index contributed by atoms with van der Waals surface area (Å²) in [4.78, 5) is 0. The first kappa shape index (κ1) is 37.1. The fourth-order valence-electron chi connectivity index (χ4n) is 3.89. The lowest BCUT2D eigenvalue weighted by molar-refractivity contribution is 0.900. The molecule has 0 saturated heterocycles. The second-order valence-electron chi connectivity index (χ2n) is 11.8. The van der Waals surface area contributed by atoms with Crippen LogP contribution in [0.2, 0.25) is 0 Å². The van der Waals surface area contributed by atoms with Crippen LogP contribution >= 0.6 is 0 Å². The highest BCUT2D eigenvalue weighted by atomic mass is 14.0. The molecule has 0 spiro atoms. The second kappa shape index (κ2) is 24.0. The van der Waals surface area contributed by atoms with Crippen LogP contribution < -0.4 is 0 Å². The average molecular weight is 541 g/mol. The van der Waals surface area contributed by atoms with Crippen molar-refractivity contribution in [2.75, 3.05) is 0 Å². The summed E-state index contributed by atoms with van der Waals surface area (Å²) in [6.45, 7) is 21.9. The predicted molar refractivity (Wildman–Crippen MR) is 186 cm³/mol. The van der Waals surface area contributed by atoms with Gasteiger partial charge in [-0.15, -0.1) is 0 Å². The highest BCUT2D eigenvalue weighted by Gasteiger charge is 1.93. The van der Waals surface area contributed by atoms with E-state index in [1.807, 2.05) is 0 Å². The van der Waals surface area contributed by atoms with Crippen LogP contribution in [-0.4, -0.2) is 0 Å². The quantitative estimate of drug-likeness (QED) is 0.120. The van der Waals surface area contributed by atoms with E-state index in [0.717, 1.165) is 38.5 Å². The van der Waals surface area contributed by atoms with Crippen LogP contribution in [0.15, 0.2) is 130 Å². The third kappa shape index (κ3) is 25.4. The first-order chi connectivity index (χ1) is 19.0. The molecule has 40 heavy (non-hydrogen) atoms. The van der Waals surface area contributed by atoms with Gasteiger partial charge in [0.25, 0.3) is 0 Å². The summed E-state index contributed by atoms with van der Waals surface area (Å²) in [7, 11) is 0. The van der Waals surface area contributed by atoms with Crippen LogP contribution in [-0.2, 0) is 0 Å². The Kier molecular flexibility index (Phi) is 22.3. The highest BCUT2D eigenvalue weighted by molar-refractivity contribution is 5.30. The monoisotopic (exact) mass is 540 g/mol. The van der Waals surface area contributed by atoms with Gasteiger partial charge in [-0.1, -0.05) is 130 Å². The molecule has 220 valence electrons. The van der Waals surface area contributed by atoms with E-state index in [-0.39, 0.29) is 0 Å². The molecule has 0 atom stereocenters. The summed E-state index contributed by atoms with van der Waals surface area (Å²) >= 11 is 0. The third-order valence-electron chi connectivity index (χ3n) is 6.55. The van der Waals surface area contributed by atoms with Crippen molar-refractivity contribution in [3.05, 3.63) is 130 Å². The standard InChI is InChI=1S/C40H60/c1-33(2)19-13-23-37(7)27-17-31-39(9)29-15-25-35(5)21-11-12-22-36(6)26-16-30-40(10)32-18-28-38(8)24-14-20-34(3)4/h11-12,15,17,19-22,25,27-31H,13-14,16,18,23-24,26,32H2,1-10H3/b12-11+,25-15+,31-17+,35-21+,36-22+,37-27+,38-28+,39-29+,40-30+. The van der Waals surface area contributed by atoms with Crippen molar-refractivity contribution in [2.45, 2.75) is 121 Å². The molecule has 0 heterocycles. The Morgan fingerprint density at radius 1 is 0.350 bits per heavy atom. The minimum Gasteiger partial charge on any atom is -0.0856 e. The maximum Gasteiger partial charge on any atom is -0.0285 e. The summed E-state index contributed by atoms with van der Waals surface area (Å²) < 4.78 is 0. The summed E-state index contributed by atoms with van der Waals surface area (Å²) in [6.07, 6.45) is 40.3. The van der Waals surface area contributed by atoms with Gasteiger partial charge in [0.2, 0.25) is 0 Å². The van der Waals surface area contributed by atoms with Crippen LogP contribution in [0.25, 0.3) is 0 Å². The van der Waals surface area contributed by atoms with Gasteiger partial charge >= 0.3 is 0 Å². The molecule has 0 aliphatic heterocycles. The summed E-state index contributed by atoms with van der Waals surface area (Å²) in [6, 6.07) is 0. The smallest absolute Gasteiger partial charge is 0.0285 e. The normalized spacial score (nSPS) is 14.7. The van der Waals surface area contributed by atoms with Crippen LogP contribution in [0.4, 0.5) is 0 Å².